The van der Waals surface area contributed by atoms with Gasteiger partial charge in [-0.3, -0.25) is 9.78 Å². The van der Waals surface area contributed by atoms with Crippen LogP contribution in [0.1, 0.15) is 59.9 Å². The highest BCUT2D eigenvalue weighted by Gasteiger charge is 2.65. The summed E-state index contributed by atoms with van der Waals surface area (Å²) in [6, 6.07) is 9.15. The highest BCUT2D eigenvalue weighted by Crippen LogP contribution is 2.69. The van der Waals surface area contributed by atoms with Crippen molar-refractivity contribution >= 4 is 5.91 Å². The molecule has 1 N–H and O–H groups in total. The molecular weight excluding hydrogens is 438 g/mol. The molecule has 6 rings (SSSR count). The van der Waals surface area contributed by atoms with Crippen molar-refractivity contribution in [3.05, 3.63) is 76.7 Å². The van der Waals surface area contributed by atoms with E-state index in [1.54, 1.807) is 18.3 Å². The van der Waals surface area contributed by atoms with Crippen LogP contribution in [0.5, 0.6) is 0 Å². The number of hydrogen-bond acceptors (Lipinski definition) is 5. The number of halogens is 2. The molecule has 34 heavy (non-hydrogen) atoms. The van der Waals surface area contributed by atoms with E-state index in [0.717, 1.165) is 29.8 Å². The summed E-state index contributed by atoms with van der Waals surface area (Å²) in [6.07, 6.45) is 3.37. The summed E-state index contributed by atoms with van der Waals surface area (Å²) in [5, 5.41) is 11.8. The largest absolute Gasteiger partial charge is 0.377 e. The van der Waals surface area contributed by atoms with Crippen molar-refractivity contribution < 1.29 is 18.3 Å². The van der Waals surface area contributed by atoms with E-state index in [4.69, 9.17) is 9.72 Å². The first kappa shape index (κ1) is 21.3. The standard InChI is InChI=1S/C26H24F2N4O2/c1-25(2)17-6-8-26(25,21-10-14(7-9-29-21)24(33)30-15-12-34-13-15)23-16(17)11-20(31-32-23)22-18(27)4-3-5-19(22)28/h3-5,7,9-11,15,17H,6,8,12-13H2,1-2H3,(H,30,33)/t17-,26+/m0/s1. The quantitative estimate of drug-likeness (QED) is 0.631. The van der Waals surface area contributed by atoms with Crippen LogP contribution in [0.3, 0.4) is 0 Å². The third-order valence-corrected chi connectivity index (χ3v) is 8.03. The minimum absolute atomic E-state index is 0.0323. The van der Waals surface area contributed by atoms with Gasteiger partial charge in [0.25, 0.3) is 5.91 Å². The zero-order valence-electron chi connectivity index (χ0n) is 18.9. The molecule has 0 unspecified atom stereocenters. The lowest BCUT2D eigenvalue weighted by Gasteiger charge is -2.37. The van der Waals surface area contributed by atoms with Gasteiger partial charge >= 0.3 is 0 Å². The van der Waals surface area contributed by atoms with Gasteiger partial charge in [-0.05, 0) is 60.1 Å². The molecule has 2 atom stereocenters. The number of fused-ring (bicyclic) bond motifs is 5. The Bertz CT molecular complexity index is 1300. The Morgan fingerprint density at radius 3 is 2.59 bits per heavy atom. The van der Waals surface area contributed by atoms with Crippen LogP contribution < -0.4 is 5.32 Å². The Morgan fingerprint density at radius 1 is 1.12 bits per heavy atom. The maximum atomic E-state index is 14.4. The van der Waals surface area contributed by atoms with E-state index in [-0.39, 0.29) is 34.5 Å². The van der Waals surface area contributed by atoms with E-state index in [2.05, 4.69) is 29.4 Å². The molecule has 1 aliphatic heterocycles. The summed E-state index contributed by atoms with van der Waals surface area (Å²) in [5.74, 6) is -1.35. The molecule has 6 nitrogen and oxygen atoms in total. The van der Waals surface area contributed by atoms with Crippen LogP contribution in [-0.2, 0) is 10.2 Å². The summed E-state index contributed by atoms with van der Waals surface area (Å²) in [4.78, 5) is 17.5. The highest BCUT2D eigenvalue weighted by molar-refractivity contribution is 5.94. The SMILES string of the molecule is CC1(C)[C@H]2CC[C@@]1(c1cc(C(=O)NC3COC3)ccn1)c1nnc(-c3c(F)cccc3F)cc12. The predicted molar refractivity (Wildman–Crippen MR) is 120 cm³/mol. The Balaban J connectivity index is 1.45. The van der Waals surface area contributed by atoms with Gasteiger partial charge in [0.1, 0.15) is 11.6 Å². The number of aromatic nitrogens is 3. The summed E-state index contributed by atoms with van der Waals surface area (Å²) < 4.78 is 34.0. The van der Waals surface area contributed by atoms with Gasteiger partial charge in [-0.2, -0.15) is 5.10 Å². The van der Waals surface area contributed by atoms with E-state index < -0.39 is 17.0 Å². The van der Waals surface area contributed by atoms with Crippen molar-refractivity contribution in [3.8, 4) is 11.3 Å². The average Bonchev–Trinajstić information content (AvgIpc) is 3.17. The third-order valence-electron chi connectivity index (χ3n) is 8.03. The Kier molecular flexibility index (Phi) is 4.61. The molecule has 2 aromatic heterocycles. The molecule has 2 bridgehead atoms. The summed E-state index contributed by atoms with van der Waals surface area (Å²) >= 11 is 0. The van der Waals surface area contributed by atoms with Crippen molar-refractivity contribution in [3.63, 3.8) is 0 Å². The molecular formula is C26H24F2N4O2. The van der Waals surface area contributed by atoms with Gasteiger partial charge in [0, 0.05) is 11.8 Å². The second-order valence-electron chi connectivity index (χ2n) is 9.99. The number of carbonyl (C=O) groups excluding carboxylic acids is 1. The number of ether oxygens (including phenoxy) is 1. The van der Waals surface area contributed by atoms with Crippen LogP contribution in [0.25, 0.3) is 11.3 Å². The normalized spacial score (nSPS) is 24.5. The smallest absolute Gasteiger partial charge is 0.251 e. The maximum Gasteiger partial charge on any atom is 0.251 e. The van der Waals surface area contributed by atoms with E-state index in [1.165, 1.54) is 18.2 Å². The zero-order valence-corrected chi connectivity index (χ0v) is 18.9. The molecule has 1 amide bonds. The molecule has 174 valence electrons. The van der Waals surface area contributed by atoms with Gasteiger partial charge in [-0.15, -0.1) is 5.10 Å². The second-order valence-corrected chi connectivity index (χ2v) is 9.99. The van der Waals surface area contributed by atoms with Crippen LogP contribution in [0, 0.1) is 17.0 Å². The molecule has 0 spiro atoms. The van der Waals surface area contributed by atoms with E-state index in [1.807, 2.05) is 6.07 Å². The minimum Gasteiger partial charge on any atom is -0.377 e. The number of nitrogens with zero attached hydrogens (tertiary/aromatic N) is 3. The summed E-state index contributed by atoms with van der Waals surface area (Å²) in [5.41, 5.74) is 2.27. The van der Waals surface area contributed by atoms with E-state index in [9.17, 15) is 13.6 Å². The number of pyridine rings is 1. The number of carbonyl (C=O) groups is 1. The van der Waals surface area contributed by atoms with Crippen molar-refractivity contribution in [2.45, 2.75) is 44.1 Å². The van der Waals surface area contributed by atoms with Crippen molar-refractivity contribution in [2.75, 3.05) is 13.2 Å². The molecule has 1 saturated heterocycles. The van der Waals surface area contributed by atoms with Crippen molar-refractivity contribution in [1.29, 1.82) is 0 Å². The molecule has 1 saturated carbocycles. The molecule has 3 aliphatic rings. The van der Waals surface area contributed by atoms with Gasteiger partial charge in [-0.1, -0.05) is 19.9 Å². The molecule has 3 heterocycles. The van der Waals surface area contributed by atoms with E-state index >= 15 is 0 Å². The zero-order chi connectivity index (χ0) is 23.7. The first-order valence-electron chi connectivity index (χ1n) is 11.5. The van der Waals surface area contributed by atoms with Crippen molar-refractivity contribution in [2.24, 2.45) is 5.41 Å². The fraction of sp³-hybridized carbons (Fsp3) is 0.385. The van der Waals surface area contributed by atoms with Gasteiger partial charge < -0.3 is 10.1 Å². The molecule has 3 aromatic rings. The first-order valence-corrected chi connectivity index (χ1v) is 11.5. The Morgan fingerprint density at radius 2 is 1.88 bits per heavy atom. The van der Waals surface area contributed by atoms with Gasteiger partial charge in [0.15, 0.2) is 0 Å². The molecule has 8 heteroatoms. The van der Waals surface area contributed by atoms with Crippen LogP contribution in [0.15, 0.2) is 42.6 Å². The Hall–Kier alpha value is -3.26. The van der Waals surface area contributed by atoms with Crippen LogP contribution in [0.2, 0.25) is 0 Å². The number of hydrogen-bond donors (Lipinski definition) is 1. The van der Waals surface area contributed by atoms with E-state index in [0.29, 0.717) is 18.8 Å². The maximum absolute atomic E-state index is 14.4. The summed E-state index contributed by atoms with van der Waals surface area (Å²) in [6.45, 7) is 5.40. The fourth-order valence-electron chi connectivity index (χ4n) is 6.15. The van der Waals surface area contributed by atoms with Gasteiger partial charge in [0.2, 0.25) is 0 Å². The van der Waals surface area contributed by atoms with Crippen LogP contribution >= 0.6 is 0 Å². The van der Waals surface area contributed by atoms with Gasteiger partial charge in [-0.25, -0.2) is 8.78 Å². The molecule has 2 aliphatic carbocycles. The lowest BCUT2D eigenvalue weighted by molar-refractivity contribution is -0.00346. The monoisotopic (exact) mass is 462 g/mol. The summed E-state index contributed by atoms with van der Waals surface area (Å²) in [7, 11) is 0. The second kappa shape index (κ2) is 7.37. The molecule has 2 fully saturated rings. The third kappa shape index (κ3) is 2.81. The molecule has 0 radical (unpaired) electrons. The predicted octanol–water partition coefficient (Wildman–Crippen LogP) is 4.15. The minimum atomic E-state index is -0.663. The lowest BCUT2D eigenvalue weighted by atomic mass is 9.66. The topological polar surface area (TPSA) is 77.0 Å². The van der Waals surface area contributed by atoms with Crippen LogP contribution in [-0.4, -0.2) is 40.3 Å². The number of rotatable bonds is 4. The molecule has 1 aromatic carbocycles. The van der Waals surface area contributed by atoms with Gasteiger partial charge in [0.05, 0.1) is 47.3 Å². The fourth-order valence-corrected chi connectivity index (χ4v) is 6.15. The highest BCUT2D eigenvalue weighted by atomic mass is 19.1. The van der Waals surface area contributed by atoms with Crippen molar-refractivity contribution in [1.82, 2.24) is 20.5 Å². The number of benzene rings is 1. The Labute approximate surface area is 195 Å². The number of nitrogens with one attached hydrogen (secondary N) is 1. The lowest BCUT2D eigenvalue weighted by Crippen LogP contribution is -2.48. The number of amides is 1. The first-order chi connectivity index (χ1) is 16.3. The van der Waals surface area contributed by atoms with Crippen LogP contribution in [0.4, 0.5) is 8.78 Å². The average molecular weight is 463 g/mol.